The lowest BCUT2D eigenvalue weighted by atomic mass is 10.1. The molecule has 0 saturated heterocycles. The van der Waals surface area contributed by atoms with Gasteiger partial charge >= 0.3 is 5.97 Å². The van der Waals surface area contributed by atoms with Gasteiger partial charge in [0.1, 0.15) is 11.4 Å². The van der Waals surface area contributed by atoms with Crippen LogP contribution in [0.1, 0.15) is 27.2 Å². The number of esters is 1. The SMILES string of the molecule is COC(=O)c1c(C)[nH]c(-c2csc(N/N=C\c3ccc(OC)cc3)n2)c1C. The number of benzene rings is 1. The molecule has 0 atom stereocenters. The summed E-state index contributed by atoms with van der Waals surface area (Å²) in [5.41, 5.74) is 7.55. The topological polar surface area (TPSA) is 88.6 Å². The summed E-state index contributed by atoms with van der Waals surface area (Å²) in [7, 11) is 3.01. The van der Waals surface area contributed by atoms with Gasteiger partial charge in [-0.15, -0.1) is 11.3 Å². The van der Waals surface area contributed by atoms with Crippen molar-refractivity contribution < 1.29 is 14.3 Å². The summed E-state index contributed by atoms with van der Waals surface area (Å²) >= 11 is 1.43. The molecule has 140 valence electrons. The maximum Gasteiger partial charge on any atom is 0.339 e. The highest BCUT2D eigenvalue weighted by Crippen LogP contribution is 2.30. The first kappa shape index (κ1) is 18.7. The van der Waals surface area contributed by atoms with Gasteiger partial charge in [-0.1, -0.05) is 0 Å². The van der Waals surface area contributed by atoms with E-state index in [1.807, 2.05) is 43.5 Å². The lowest BCUT2D eigenvalue weighted by Crippen LogP contribution is -2.03. The average molecular weight is 384 g/mol. The highest BCUT2D eigenvalue weighted by atomic mass is 32.1. The molecule has 2 N–H and O–H groups in total. The first-order valence-electron chi connectivity index (χ1n) is 8.20. The lowest BCUT2D eigenvalue weighted by molar-refractivity contribution is 0.0599. The van der Waals surface area contributed by atoms with Crippen molar-refractivity contribution >= 4 is 28.7 Å². The molecule has 0 aliphatic rings. The van der Waals surface area contributed by atoms with Crippen LogP contribution in [0.4, 0.5) is 5.13 Å². The lowest BCUT2D eigenvalue weighted by Gasteiger charge is -1.99. The molecule has 27 heavy (non-hydrogen) atoms. The molecule has 1 aromatic carbocycles. The van der Waals surface area contributed by atoms with Crippen molar-refractivity contribution in [1.82, 2.24) is 9.97 Å². The Kier molecular flexibility index (Phi) is 5.56. The molecule has 2 aromatic heterocycles. The number of ether oxygens (including phenoxy) is 2. The van der Waals surface area contributed by atoms with Crippen LogP contribution in [0.25, 0.3) is 11.4 Å². The van der Waals surface area contributed by atoms with Gasteiger partial charge in [0.05, 0.1) is 31.7 Å². The molecule has 0 saturated carbocycles. The highest BCUT2D eigenvalue weighted by Gasteiger charge is 2.20. The third kappa shape index (κ3) is 4.01. The van der Waals surface area contributed by atoms with Gasteiger partial charge in [-0.3, -0.25) is 5.43 Å². The maximum absolute atomic E-state index is 11.9. The van der Waals surface area contributed by atoms with Crippen LogP contribution in [0.2, 0.25) is 0 Å². The number of aryl methyl sites for hydroxylation is 1. The van der Waals surface area contributed by atoms with Crippen LogP contribution >= 0.6 is 11.3 Å². The van der Waals surface area contributed by atoms with Crippen molar-refractivity contribution in [2.24, 2.45) is 5.10 Å². The van der Waals surface area contributed by atoms with Gasteiger partial charge < -0.3 is 14.5 Å². The Labute approximate surface area is 161 Å². The van der Waals surface area contributed by atoms with E-state index in [4.69, 9.17) is 9.47 Å². The summed E-state index contributed by atoms with van der Waals surface area (Å²) in [5, 5.41) is 6.77. The number of aromatic amines is 1. The number of nitrogens with one attached hydrogen (secondary N) is 2. The molecule has 7 nitrogen and oxygen atoms in total. The van der Waals surface area contributed by atoms with Gasteiger partial charge in [-0.25, -0.2) is 9.78 Å². The van der Waals surface area contributed by atoms with Crippen LogP contribution in [0.15, 0.2) is 34.7 Å². The second kappa shape index (κ2) is 8.05. The first-order chi connectivity index (χ1) is 13.0. The van der Waals surface area contributed by atoms with E-state index in [2.05, 4.69) is 20.5 Å². The fourth-order valence-electron chi connectivity index (χ4n) is 2.71. The van der Waals surface area contributed by atoms with Crippen LogP contribution in [0, 0.1) is 13.8 Å². The van der Waals surface area contributed by atoms with Gasteiger partial charge in [0, 0.05) is 11.1 Å². The Morgan fingerprint density at radius 1 is 1.26 bits per heavy atom. The number of carbonyl (C=O) groups excluding carboxylic acids is 1. The van der Waals surface area contributed by atoms with Gasteiger partial charge in [0.25, 0.3) is 0 Å². The number of anilines is 1. The van der Waals surface area contributed by atoms with E-state index in [1.54, 1.807) is 13.3 Å². The van der Waals surface area contributed by atoms with Gasteiger partial charge in [-0.2, -0.15) is 5.10 Å². The van der Waals surface area contributed by atoms with Crippen molar-refractivity contribution in [3.63, 3.8) is 0 Å². The third-order valence-electron chi connectivity index (χ3n) is 4.08. The van der Waals surface area contributed by atoms with Crippen molar-refractivity contribution in [1.29, 1.82) is 0 Å². The number of hydrogen-bond acceptors (Lipinski definition) is 7. The van der Waals surface area contributed by atoms with E-state index in [-0.39, 0.29) is 5.97 Å². The minimum absolute atomic E-state index is 0.356. The number of hydrazone groups is 1. The highest BCUT2D eigenvalue weighted by molar-refractivity contribution is 7.14. The smallest absolute Gasteiger partial charge is 0.339 e. The van der Waals surface area contributed by atoms with E-state index in [0.29, 0.717) is 10.7 Å². The second-order valence-electron chi connectivity index (χ2n) is 5.80. The second-order valence-corrected chi connectivity index (χ2v) is 6.66. The van der Waals surface area contributed by atoms with Crippen LogP contribution < -0.4 is 10.2 Å². The largest absolute Gasteiger partial charge is 0.497 e. The van der Waals surface area contributed by atoms with Crippen LogP contribution in [-0.2, 0) is 4.74 Å². The molecule has 8 heteroatoms. The van der Waals surface area contributed by atoms with Crippen molar-refractivity contribution in [2.45, 2.75) is 13.8 Å². The Hall–Kier alpha value is -3.13. The number of carbonyl (C=O) groups is 1. The summed E-state index contributed by atoms with van der Waals surface area (Å²) in [6.07, 6.45) is 1.71. The fourth-order valence-corrected chi connectivity index (χ4v) is 3.36. The summed E-state index contributed by atoms with van der Waals surface area (Å²) in [6, 6.07) is 7.57. The number of H-pyrrole nitrogens is 1. The van der Waals surface area contributed by atoms with Crippen molar-refractivity contribution in [3.05, 3.63) is 52.0 Å². The fraction of sp³-hybridized carbons (Fsp3) is 0.211. The van der Waals surface area contributed by atoms with Gasteiger partial charge in [-0.05, 0) is 49.2 Å². The zero-order valence-corrected chi connectivity index (χ0v) is 16.3. The quantitative estimate of drug-likeness (QED) is 0.381. The summed E-state index contributed by atoms with van der Waals surface area (Å²) in [6.45, 7) is 3.72. The molecular formula is C19H20N4O3S. The van der Waals surface area contributed by atoms with Crippen LogP contribution in [0.3, 0.4) is 0 Å². The predicted molar refractivity (Wildman–Crippen MR) is 107 cm³/mol. The third-order valence-corrected chi connectivity index (χ3v) is 4.82. The van der Waals surface area contributed by atoms with Crippen LogP contribution in [-0.4, -0.2) is 36.4 Å². The Morgan fingerprint density at radius 2 is 2.00 bits per heavy atom. The summed E-state index contributed by atoms with van der Waals surface area (Å²) < 4.78 is 9.97. The van der Waals surface area contributed by atoms with Crippen molar-refractivity contribution in [2.75, 3.05) is 19.6 Å². The average Bonchev–Trinajstić information content (AvgIpc) is 3.26. The van der Waals surface area contributed by atoms with Gasteiger partial charge in [0.2, 0.25) is 5.13 Å². The van der Waals surface area contributed by atoms with E-state index in [0.717, 1.165) is 34.0 Å². The van der Waals surface area contributed by atoms with Crippen molar-refractivity contribution in [3.8, 4) is 17.1 Å². The molecule has 3 aromatic rings. The number of aromatic nitrogens is 2. The number of rotatable bonds is 6. The zero-order valence-electron chi connectivity index (χ0n) is 15.5. The molecular weight excluding hydrogens is 364 g/mol. The molecule has 3 rings (SSSR count). The predicted octanol–water partition coefficient (Wildman–Crippen LogP) is 4.00. The maximum atomic E-state index is 11.9. The van der Waals surface area contributed by atoms with Gasteiger partial charge in [0.15, 0.2) is 0 Å². The number of methoxy groups -OCH3 is 2. The summed E-state index contributed by atoms with van der Waals surface area (Å²) in [4.78, 5) is 19.7. The molecule has 0 aliphatic heterocycles. The number of hydrogen-bond donors (Lipinski definition) is 2. The minimum Gasteiger partial charge on any atom is -0.497 e. The molecule has 0 bridgehead atoms. The van der Waals surface area contributed by atoms with Crippen LogP contribution in [0.5, 0.6) is 5.75 Å². The molecule has 0 fully saturated rings. The minimum atomic E-state index is -0.356. The van der Waals surface area contributed by atoms with E-state index in [9.17, 15) is 4.79 Å². The molecule has 0 radical (unpaired) electrons. The molecule has 0 amide bonds. The normalized spacial score (nSPS) is 11.0. The first-order valence-corrected chi connectivity index (χ1v) is 9.08. The Balaban J connectivity index is 1.73. The molecule has 2 heterocycles. The molecule has 0 unspecified atom stereocenters. The number of nitrogens with zero attached hydrogens (tertiary/aromatic N) is 2. The standard InChI is InChI=1S/C19H20N4O3S/c1-11-16(18(24)26-4)12(2)21-17(11)15-10-27-19(22-15)23-20-9-13-5-7-14(25-3)8-6-13/h5-10,21H,1-4H3,(H,22,23)/b20-9-. The Bertz CT molecular complexity index is 974. The molecule has 0 aliphatic carbocycles. The summed E-state index contributed by atoms with van der Waals surface area (Å²) in [5.74, 6) is 0.442. The van der Waals surface area contributed by atoms with E-state index < -0.39 is 0 Å². The zero-order chi connectivity index (χ0) is 19.4. The van der Waals surface area contributed by atoms with E-state index >= 15 is 0 Å². The number of thiazole rings is 1. The Morgan fingerprint density at radius 3 is 2.67 bits per heavy atom. The molecule has 0 spiro atoms. The van der Waals surface area contributed by atoms with E-state index in [1.165, 1.54) is 18.4 Å². The monoisotopic (exact) mass is 384 g/mol.